The van der Waals surface area contributed by atoms with Crippen LogP contribution in [0.4, 0.5) is 4.39 Å². The third kappa shape index (κ3) is 3.19. The van der Waals surface area contributed by atoms with Gasteiger partial charge in [0.05, 0.1) is 12.1 Å². The summed E-state index contributed by atoms with van der Waals surface area (Å²) < 4.78 is 19.5. The molecule has 4 nitrogen and oxygen atoms in total. The molecule has 1 heterocycles. The Kier molecular flexibility index (Phi) is 4.41. The molecule has 1 unspecified atom stereocenters. The SMILES string of the molecule is O=C1OC(C(=O)N(Cc2c(F)cccc2Cl)C2CC2)Cc2ccccc21. The second-order valence-electron chi connectivity index (χ2n) is 6.65. The topological polar surface area (TPSA) is 46.6 Å². The van der Waals surface area contributed by atoms with Crippen molar-refractivity contribution in [3.63, 3.8) is 0 Å². The second kappa shape index (κ2) is 6.72. The van der Waals surface area contributed by atoms with Crippen LogP contribution in [0.3, 0.4) is 0 Å². The van der Waals surface area contributed by atoms with Gasteiger partial charge < -0.3 is 9.64 Å². The van der Waals surface area contributed by atoms with E-state index in [1.807, 2.05) is 12.1 Å². The van der Waals surface area contributed by atoms with Gasteiger partial charge in [0.25, 0.3) is 5.91 Å². The molecule has 2 aliphatic rings. The van der Waals surface area contributed by atoms with E-state index in [4.69, 9.17) is 16.3 Å². The van der Waals surface area contributed by atoms with Crippen molar-refractivity contribution in [2.45, 2.75) is 38.0 Å². The molecule has 1 atom stereocenters. The van der Waals surface area contributed by atoms with Gasteiger partial charge in [0.15, 0.2) is 6.10 Å². The van der Waals surface area contributed by atoms with Crippen LogP contribution in [0.1, 0.15) is 34.3 Å². The lowest BCUT2D eigenvalue weighted by molar-refractivity contribution is -0.142. The highest BCUT2D eigenvalue weighted by Crippen LogP contribution is 2.33. The molecule has 0 saturated heterocycles. The van der Waals surface area contributed by atoms with Crippen LogP contribution in [-0.4, -0.2) is 28.9 Å². The molecule has 134 valence electrons. The number of ether oxygens (including phenoxy) is 1. The maximum Gasteiger partial charge on any atom is 0.339 e. The summed E-state index contributed by atoms with van der Waals surface area (Å²) in [6.45, 7) is 0.0741. The summed E-state index contributed by atoms with van der Waals surface area (Å²) in [6, 6.07) is 11.6. The number of esters is 1. The fraction of sp³-hybridized carbons (Fsp3) is 0.300. The van der Waals surface area contributed by atoms with E-state index in [9.17, 15) is 14.0 Å². The molecule has 0 radical (unpaired) electrons. The summed E-state index contributed by atoms with van der Waals surface area (Å²) in [4.78, 5) is 26.8. The molecule has 2 aromatic rings. The van der Waals surface area contributed by atoms with Gasteiger partial charge in [-0.05, 0) is 36.6 Å². The Hall–Kier alpha value is -2.40. The fourth-order valence-corrected chi connectivity index (χ4v) is 3.50. The molecule has 0 aromatic heterocycles. The third-order valence-corrected chi connectivity index (χ3v) is 5.18. The zero-order chi connectivity index (χ0) is 18.3. The quantitative estimate of drug-likeness (QED) is 0.767. The normalized spacial score (nSPS) is 18.8. The summed E-state index contributed by atoms with van der Waals surface area (Å²) >= 11 is 6.12. The predicted octanol–water partition coefficient (Wildman–Crippen LogP) is 3.75. The van der Waals surface area contributed by atoms with Gasteiger partial charge in [0.2, 0.25) is 0 Å². The molecule has 0 bridgehead atoms. The molecule has 0 N–H and O–H groups in total. The van der Waals surface area contributed by atoms with Crippen molar-refractivity contribution in [2.24, 2.45) is 0 Å². The molecule has 1 aliphatic heterocycles. The Balaban J connectivity index is 1.58. The van der Waals surface area contributed by atoms with Crippen LogP contribution >= 0.6 is 11.6 Å². The van der Waals surface area contributed by atoms with E-state index in [0.717, 1.165) is 18.4 Å². The lowest BCUT2D eigenvalue weighted by Gasteiger charge is -2.30. The average Bonchev–Trinajstić information content (AvgIpc) is 3.46. The number of rotatable bonds is 4. The maximum atomic E-state index is 14.2. The first-order valence-electron chi connectivity index (χ1n) is 8.57. The summed E-state index contributed by atoms with van der Waals surface area (Å²) in [5, 5.41) is 0.287. The van der Waals surface area contributed by atoms with Crippen LogP contribution in [-0.2, 0) is 22.5 Å². The standard InChI is InChI=1S/C20H17ClFNO3/c21-16-6-3-7-17(22)15(16)11-23(13-8-9-13)19(24)18-10-12-4-1-2-5-14(12)20(25)26-18/h1-7,13,18H,8-11H2. The highest BCUT2D eigenvalue weighted by atomic mass is 35.5. The molecule has 1 aliphatic carbocycles. The molecule has 1 saturated carbocycles. The highest BCUT2D eigenvalue weighted by Gasteiger charge is 2.40. The molecule has 6 heteroatoms. The minimum absolute atomic E-state index is 0.0362. The number of hydrogen-bond acceptors (Lipinski definition) is 3. The van der Waals surface area contributed by atoms with Gasteiger partial charge in [-0.1, -0.05) is 35.9 Å². The minimum atomic E-state index is -0.886. The van der Waals surface area contributed by atoms with Crippen LogP contribution in [0, 0.1) is 5.82 Å². The molecule has 26 heavy (non-hydrogen) atoms. The van der Waals surface area contributed by atoms with Crippen LogP contribution in [0.2, 0.25) is 5.02 Å². The number of nitrogens with zero attached hydrogens (tertiary/aromatic N) is 1. The largest absolute Gasteiger partial charge is 0.448 e. The Morgan fingerprint density at radius 3 is 2.69 bits per heavy atom. The molecule has 2 aromatic carbocycles. The van der Waals surface area contributed by atoms with Crippen molar-refractivity contribution in [3.05, 3.63) is 70.0 Å². The van der Waals surface area contributed by atoms with Gasteiger partial charge >= 0.3 is 5.97 Å². The van der Waals surface area contributed by atoms with E-state index < -0.39 is 17.9 Å². The Bertz CT molecular complexity index is 861. The lowest BCUT2D eigenvalue weighted by Crippen LogP contribution is -2.45. The molecule has 1 fully saturated rings. The van der Waals surface area contributed by atoms with E-state index in [1.165, 1.54) is 12.1 Å². The third-order valence-electron chi connectivity index (χ3n) is 4.83. The Morgan fingerprint density at radius 2 is 1.96 bits per heavy atom. The molecule has 4 rings (SSSR count). The summed E-state index contributed by atoms with van der Waals surface area (Å²) in [5.74, 6) is -1.23. The van der Waals surface area contributed by atoms with Gasteiger partial charge in [-0.2, -0.15) is 0 Å². The first kappa shape index (κ1) is 17.0. The van der Waals surface area contributed by atoms with Gasteiger partial charge in [0, 0.05) is 23.0 Å². The Morgan fingerprint density at radius 1 is 1.19 bits per heavy atom. The zero-order valence-electron chi connectivity index (χ0n) is 14.0. The second-order valence-corrected chi connectivity index (χ2v) is 7.06. The van der Waals surface area contributed by atoms with Crippen molar-refractivity contribution < 1.29 is 18.7 Å². The average molecular weight is 374 g/mol. The van der Waals surface area contributed by atoms with Crippen molar-refractivity contribution in [1.82, 2.24) is 4.90 Å². The van der Waals surface area contributed by atoms with Crippen LogP contribution in [0.15, 0.2) is 42.5 Å². The van der Waals surface area contributed by atoms with Crippen LogP contribution < -0.4 is 0 Å². The van der Waals surface area contributed by atoms with E-state index in [1.54, 1.807) is 23.1 Å². The smallest absolute Gasteiger partial charge is 0.339 e. The summed E-state index contributed by atoms with van der Waals surface area (Å²) in [7, 11) is 0. The van der Waals surface area contributed by atoms with E-state index >= 15 is 0 Å². The molecule has 0 spiro atoms. The number of benzene rings is 2. The fourth-order valence-electron chi connectivity index (χ4n) is 3.28. The van der Waals surface area contributed by atoms with Gasteiger partial charge in [-0.25, -0.2) is 9.18 Å². The lowest BCUT2D eigenvalue weighted by atomic mass is 9.98. The number of carbonyl (C=O) groups is 2. The van der Waals surface area contributed by atoms with Crippen LogP contribution in [0.25, 0.3) is 0 Å². The van der Waals surface area contributed by atoms with E-state index in [2.05, 4.69) is 0 Å². The van der Waals surface area contributed by atoms with Crippen molar-refractivity contribution in [2.75, 3.05) is 0 Å². The molecule has 1 amide bonds. The zero-order valence-corrected chi connectivity index (χ0v) is 14.7. The number of cyclic esters (lactones) is 1. The number of fused-ring (bicyclic) bond motifs is 1. The van der Waals surface area contributed by atoms with Gasteiger partial charge in [-0.15, -0.1) is 0 Å². The molecular weight excluding hydrogens is 357 g/mol. The van der Waals surface area contributed by atoms with E-state index in [-0.39, 0.29) is 29.1 Å². The van der Waals surface area contributed by atoms with Gasteiger partial charge in [-0.3, -0.25) is 4.79 Å². The van der Waals surface area contributed by atoms with Crippen molar-refractivity contribution >= 4 is 23.5 Å². The first-order valence-corrected chi connectivity index (χ1v) is 8.94. The van der Waals surface area contributed by atoms with Crippen molar-refractivity contribution in [1.29, 1.82) is 0 Å². The van der Waals surface area contributed by atoms with Gasteiger partial charge in [0.1, 0.15) is 5.82 Å². The number of amides is 1. The monoisotopic (exact) mass is 373 g/mol. The number of carbonyl (C=O) groups excluding carboxylic acids is 2. The maximum absolute atomic E-state index is 14.2. The van der Waals surface area contributed by atoms with E-state index in [0.29, 0.717) is 12.0 Å². The molecular formula is C20H17ClFNO3. The number of hydrogen-bond donors (Lipinski definition) is 0. The Labute approximate surface area is 155 Å². The highest BCUT2D eigenvalue weighted by molar-refractivity contribution is 6.31. The number of halogens is 2. The summed E-state index contributed by atoms with van der Waals surface area (Å²) in [6.07, 6.45) is 1.16. The van der Waals surface area contributed by atoms with Crippen molar-refractivity contribution in [3.8, 4) is 0 Å². The summed E-state index contributed by atoms with van der Waals surface area (Å²) in [5.41, 5.74) is 1.57. The minimum Gasteiger partial charge on any atom is -0.448 e. The predicted molar refractivity (Wildman–Crippen MR) is 94.3 cm³/mol. The first-order chi connectivity index (χ1) is 12.5. The van der Waals surface area contributed by atoms with Crippen LogP contribution in [0.5, 0.6) is 0 Å².